The molecule has 0 amide bonds. The predicted molar refractivity (Wildman–Crippen MR) is 225 cm³/mol. The van der Waals surface area contributed by atoms with E-state index in [9.17, 15) is 46.2 Å². The number of rotatable bonds is 26. The summed E-state index contributed by atoms with van der Waals surface area (Å²) < 4.78 is 66.7. The van der Waals surface area contributed by atoms with Gasteiger partial charge in [-0.05, 0) is 58.6 Å². The van der Waals surface area contributed by atoms with Crippen LogP contribution in [0.4, 0.5) is 5.69 Å². The number of aliphatic carboxylic acids is 4. The smallest absolute Gasteiger partial charge is 0.321 e. The molecule has 21 heteroatoms. The van der Waals surface area contributed by atoms with Gasteiger partial charge in [0.25, 0.3) is 0 Å². The number of carbonyl (C=O) groups is 4. The molecule has 4 aromatic carbocycles. The van der Waals surface area contributed by atoms with Crippen LogP contribution in [0, 0.1) is 0 Å². The normalized spacial score (nSPS) is 13.5. The van der Waals surface area contributed by atoms with Crippen LogP contribution in [0.15, 0.2) is 46.2 Å². The highest BCUT2D eigenvalue weighted by Gasteiger charge is 2.32. The summed E-state index contributed by atoms with van der Waals surface area (Å²) in [5, 5.41) is 45.0. The van der Waals surface area contributed by atoms with E-state index in [0.717, 1.165) is 26.9 Å². The summed E-state index contributed by atoms with van der Waals surface area (Å²) in [5.74, 6) is -4.86. The van der Waals surface area contributed by atoms with Crippen molar-refractivity contribution < 1.29 is 61.2 Å². The standard InChI is InChI=1S/C39H54N6O13S2/c1-42(2)16-9-19-58-31-22-30(43(3)4)24-10-12-26-32(59(54,55)44(5)17-7-14-40-28(38(50)51)20-34(46)47)23-33(27-13-11-25(31)36(24)37(26)27)60(56,57)45(6)18-8-15-41-29(39(52)53)21-35(48)49/h10-13,22-23,28-29,40-41H,7-9,14-21H2,1-6H3,(H,46,47)(H,48,49)(H,50,51)(H,52,53). The zero-order valence-electron chi connectivity index (χ0n) is 34.5. The molecule has 0 bridgehead atoms. The van der Waals surface area contributed by atoms with Gasteiger partial charge in [-0.3, -0.25) is 19.2 Å². The van der Waals surface area contributed by atoms with E-state index in [1.807, 2.05) is 44.1 Å². The summed E-state index contributed by atoms with van der Waals surface area (Å²) in [4.78, 5) is 48.6. The molecule has 19 nitrogen and oxygen atoms in total. The van der Waals surface area contributed by atoms with Crippen LogP contribution in [-0.4, -0.2) is 168 Å². The summed E-state index contributed by atoms with van der Waals surface area (Å²) in [7, 11) is 1.29. The number of carboxylic acids is 4. The van der Waals surface area contributed by atoms with E-state index in [0.29, 0.717) is 40.3 Å². The molecule has 60 heavy (non-hydrogen) atoms. The Morgan fingerprint density at radius 2 is 1.05 bits per heavy atom. The largest absolute Gasteiger partial charge is 0.493 e. The van der Waals surface area contributed by atoms with Crippen molar-refractivity contribution in [3.8, 4) is 5.75 Å². The van der Waals surface area contributed by atoms with Crippen molar-refractivity contribution in [3.05, 3.63) is 36.4 Å². The first-order chi connectivity index (χ1) is 28.1. The van der Waals surface area contributed by atoms with Crippen LogP contribution in [0.25, 0.3) is 32.3 Å². The Labute approximate surface area is 348 Å². The Morgan fingerprint density at radius 1 is 0.617 bits per heavy atom. The maximum Gasteiger partial charge on any atom is 0.321 e. The van der Waals surface area contributed by atoms with Crippen LogP contribution in [0.5, 0.6) is 5.75 Å². The summed E-state index contributed by atoms with van der Waals surface area (Å²) in [6.07, 6.45) is -0.472. The molecule has 4 rings (SSSR count). The van der Waals surface area contributed by atoms with Crippen LogP contribution >= 0.6 is 0 Å². The van der Waals surface area contributed by atoms with Gasteiger partial charge in [0.15, 0.2) is 0 Å². The van der Waals surface area contributed by atoms with Crippen molar-refractivity contribution in [1.82, 2.24) is 24.1 Å². The van der Waals surface area contributed by atoms with Crippen LogP contribution in [0.2, 0.25) is 0 Å². The van der Waals surface area contributed by atoms with E-state index in [4.69, 9.17) is 14.9 Å². The lowest BCUT2D eigenvalue weighted by atomic mass is 9.92. The fraction of sp³-hybridized carbons (Fsp3) is 0.487. The van der Waals surface area contributed by atoms with Crippen LogP contribution in [0.3, 0.4) is 0 Å². The van der Waals surface area contributed by atoms with E-state index in [2.05, 4.69) is 10.6 Å². The molecule has 0 radical (unpaired) electrons. The molecule has 4 aromatic rings. The molecular weight excluding hydrogens is 825 g/mol. The minimum Gasteiger partial charge on any atom is -0.493 e. The van der Waals surface area contributed by atoms with E-state index >= 15 is 0 Å². The summed E-state index contributed by atoms with van der Waals surface area (Å²) >= 11 is 0. The number of sulfonamides is 2. The summed E-state index contributed by atoms with van der Waals surface area (Å²) in [6.45, 7) is 0.806. The second kappa shape index (κ2) is 20.1. The van der Waals surface area contributed by atoms with Crippen LogP contribution in [-0.2, 0) is 39.2 Å². The van der Waals surface area contributed by atoms with Crippen molar-refractivity contribution in [2.24, 2.45) is 0 Å². The number of hydrogen-bond acceptors (Lipinski definition) is 13. The van der Waals surface area contributed by atoms with Crippen molar-refractivity contribution >= 4 is 81.9 Å². The highest BCUT2D eigenvalue weighted by molar-refractivity contribution is 7.90. The van der Waals surface area contributed by atoms with Gasteiger partial charge < -0.3 is 45.6 Å². The van der Waals surface area contributed by atoms with E-state index < -0.39 is 68.8 Å². The third kappa shape index (κ3) is 11.1. The molecule has 0 saturated heterocycles. The third-order valence-corrected chi connectivity index (χ3v) is 13.9. The Bertz CT molecular complexity index is 2330. The minimum absolute atomic E-state index is 0.0317. The van der Waals surface area contributed by atoms with Gasteiger partial charge >= 0.3 is 23.9 Å². The Kier molecular flexibility index (Phi) is 16.0. The Morgan fingerprint density at radius 3 is 1.47 bits per heavy atom. The molecule has 0 saturated carbocycles. The first kappa shape index (κ1) is 47.8. The van der Waals surface area contributed by atoms with E-state index in [1.54, 1.807) is 24.3 Å². The monoisotopic (exact) mass is 878 g/mol. The highest BCUT2D eigenvalue weighted by Crippen LogP contribution is 2.46. The number of hydrogen-bond donors (Lipinski definition) is 6. The number of anilines is 1. The number of carboxylic acid groups (broad SMARTS) is 4. The molecule has 0 aliphatic rings. The molecule has 2 atom stereocenters. The average molecular weight is 879 g/mol. The van der Waals surface area contributed by atoms with Gasteiger partial charge in [0, 0.05) is 91.9 Å². The van der Waals surface area contributed by atoms with Crippen molar-refractivity contribution in [3.63, 3.8) is 0 Å². The van der Waals surface area contributed by atoms with Gasteiger partial charge in [0.2, 0.25) is 20.0 Å². The number of benzene rings is 4. The molecule has 0 heterocycles. The van der Waals surface area contributed by atoms with Crippen molar-refractivity contribution in [2.45, 2.75) is 54.0 Å². The lowest BCUT2D eigenvalue weighted by Gasteiger charge is -2.25. The van der Waals surface area contributed by atoms with Gasteiger partial charge in [0.05, 0.1) is 29.2 Å². The fourth-order valence-electron chi connectivity index (χ4n) is 6.93. The van der Waals surface area contributed by atoms with Gasteiger partial charge in [-0.15, -0.1) is 0 Å². The van der Waals surface area contributed by atoms with E-state index in [1.165, 1.54) is 14.1 Å². The van der Waals surface area contributed by atoms with Gasteiger partial charge in [-0.2, -0.15) is 0 Å². The quantitative estimate of drug-likeness (QED) is 0.0389. The number of nitrogens with zero attached hydrogens (tertiary/aromatic N) is 4. The molecule has 0 fully saturated rings. The highest BCUT2D eigenvalue weighted by atomic mass is 32.2. The molecule has 6 N–H and O–H groups in total. The van der Waals surface area contributed by atoms with Crippen molar-refractivity contribution in [1.29, 1.82) is 0 Å². The lowest BCUT2D eigenvalue weighted by Crippen LogP contribution is -2.40. The Balaban J connectivity index is 1.86. The molecule has 2 unspecified atom stereocenters. The van der Waals surface area contributed by atoms with Gasteiger partial charge in [0.1, 0.15) is 17.8 Å². The zero-order chi connectivity index (χ0) is 44.7. The molecule has 330 valence electrons. The van der Waals surface area contributed by atoms with Gasteiger partial charge in [-0.25, -0.2) is 25.4 Å². The van der Waals surface area contributed by atoms with E-state index in [-0.39, 0.29) is 59.6 Å². The van der Waals surface area contributed by atoms with Crippen LogP contribution in [0.1, 0.15) is 32.1 Å². The second-order valence-electron chi connectivity index (χ2n) is 15.0. The number of ether oxygens (including phenoxy) is 1. The maximum absolute atomic E-state index is 14.6. The molecular formula is C39H54N6O13S2. The fourth-order valence-corrected chi connectivity index (χ4v) is 9.85. The minimum atomic E-state index is -4.47. The SMILES string of the molecule is CN(C)CCCOc1cc(N(C)C)c2ccc3c(S(=O)(=O)N(C)CCCNC(CC(=O)O)C(=O)O)cc(S(=O)(=O)N(C)CCCNC(CC(=O)O)C(=O)O)c4ccc1c2c43. The first-order valence-electron chi connectivity index (χ1n) is 19.1. The lowest BCUT2D eigenvalue weighted by molar-refractivity contribution is -0.145. The second-order valence-corrected chi connectivity index (χ2v) is 19.0. The molecule has 0 aliphatic carbocycles. The van der Waals surface area contributed by atoms with Crippen LogP contribution < -0.4 is 20.3 Å². The molecule has 0 aromatic heterocycles. The molecule has 0 aliphatic heterocycles. The maximum atomic E-state index is 14.6. The third-order valence-electron chi connectivity index (χ3n) is 10.1. The summed E-state index contributed by atoms with van der Waals surface area (Å²) in [5.41, 5.74) is 0.747. The zero-order valence-corrected chi connectivity index (χ0v) is 36.1. The topological polar surface area (TPSA) is 264 Å². The molecule has 0 spiro atoms. The van der Waals surface area contributed by atoms with Gasteiger partial charge in [-0.1, -0.05) is 18.2 Å². The average Bonchev–Trinajstić information content (AvgIpc) is 3.16. The summed E-state index contributed by atoms with van der Waals surface area (Å²) in [6, 6.07) is 7.05. The Hall–Kier alpha value is -4.90. The number of nitrogens with one attached hydrogen (secondary N) is 2. The van der Waals surface area contributed by atoms with Crippen molar-refractivity contribution in [2.75, 3.05) is 86.5 Å². The first-order valence-corrected chi connectivity index (χ1v) is 22.0. The predicted octanol–water partition coefficient (Wildman–Crippen LogP) is 2.04.